The van der Waals surface area contributed by atoms with Crippen LogP contribution < -0.4 is 4.74 Å². The first-order valence-electron chi connectivity index (χ1n) is 3.66. The van der Waals surface area contributed by atoms with Gasteiger partial charge in [-0.1, -0.05) is 0 Å². The van der Waals surface area contributed by atoms with Crippen molar-refractivity contribution in [3.63, 3.8) is 0 Å². The highest BCUT2D eigenvalue weighted by atomic mass is 19.3. The number of nitrogens with zero attached hydrogens (tertiary/aromatic N) is 1. The average molecular weight is 203 g/mol. The number of carbonyl (C=O) groups is 1. The van der Waals surface area contributed by atoms with Gasteiger partial charge in [-0.15, -0.1) is 0 Å². The number of hydrogen-bond acceptors (Lipinski definition) is 3. The largest absolute Gasteiger partial charge is 0.478 e. The summed E-state index contributed by atoms with van der Waals surface area (Å²) < 4.78 is 27.5. The van der Waals surface area contributed by atoms with Crippen LogP contribution in [0.2, 0.25) is 0 Å². The fraction of sp³-hybridized carbons (Fsp3) is 0.250. The summed E-state index contributed by atoms with van der Waals surface area (Å²) in [6, 6.07) is 2.25. The molecule has 1 heterocycles. The van der Waals surface area contributed by atoms with Gasteiger partial charge in [0.15, 0.2) is 0 Å². The topological polar surface area (TPSA) is 59.4 Å². The van der Waals surface area contributed by atoms with Gasteiger partial charge in [-0.05, 0) is 13.0 Å². The molecule has 0 aromatic carbocycles. The monoisotopic (exact) mass is 203 g/mol. The Balaban J connectivity index is 2.94. The van der Waals surface area contributed by atoms with Gasteiger partial charge >= 0.3 is 12.6 Å². The van der Waals surface area contributed by atoms with Gasteiger partial charge in [-0.3, -0.25) is 0 Å². The Kier molecular flexibility index (Phi) is 2.95. The van der Waals surface area contributed by atoms with Crippen molar-refractivity contribution in [3.8, 4) is 5.88 Å². The first-order chi connectivity index (χ1) is 6.50. The summed E-state index contributed by atoms with van der Waals surface area (Å²) in [5.41, 5.74) is 0.0993. The number of ether oxygens (including phenoxy) is 1. The van der Waals surface area contributed by atoms with E-state index in [1.165, 1.54) is 13.0 Å². The van der Waals surface area contributed by atoms with Crippen molar-refractivity contribution in [1.29, 1.82) is 0 Å². The third-order valence-corrected chi connectivity index (χ3v) is 1.50. The molecule has 0 aliphatic heterocycles. The molecule has 0 spiro atoms. The number of aromatic nitrogens is 1. The zero-order chi connectivity index (χ0) is 10.7. The lowest BCUT2D eigenvalue weighted by Gasteiger charge is -2.05. The molecule has 0 radical (unpaired) electrons. The molecule has 0 aliphatic carbocycles. The van der Waals surface area contributed by atoms with Crippen LogP contribution in [0.1, 0.15) is 16.1 Å². The molecule has 1 aromatic heterocycles. The van der Waals surface area contributed by atoms with Crippen LogP contribution in [-0.4, -0.2) is 22.7 Å². The van der Waals surface area contributed by atoms with Gasteiger partial charge in [0, 0.05) is 6.07 Å². The summed E-state index contributed by atoms with van der Waals surface area (Å²) >= 11 is 0. The van der Waals surface area contributed by atoms with Crippen LogP contribution in [0.15, 0.2) is 12.1 Å². The Morgan fingerprint density at radius 2 is 2.21 bits per heavy atom. The minimum Gasteiger partial charge on any atom is -0.478 e. The van der Waals surface area contributed by atoms with Gasteiger partial charge in [0.2, 0.25) is 5.88 Å². The Hall–Kier alpha value is -1.72. The molecular formula is C8H7F2NO3. The zero-order valence-corrected chi connectivity index (χ0v) is 7.20. The first kappa shape index (κ1) is 10.4. The Labute approximate surface area is 78.1 Å². The fourth-order valence-electron chi connectivity index (χ4n) is 0.921. The van der Waals surface area contributed by atoms with Crippen molar-refractivity contribution in [2.24, 2.45) is 0 Å². The van der Waals surface area contributed by atoms with Gasteiger partial charge in [-0.25, -0.2) is 9.78 Å². The maximum atomic E-state index is 11.7. The highest BCUT2D eigenvalue weighted by Crippen LogP contribution is 2.14. The van der Waals surface area contributed by atoms with Crippen LogP contribution in [-0.2, 0) is 0 Å². The van der Waals surface area contributed by atoms with E-state index in [1.54, 1.807) is 0 Å². The number of pyridine rings is 1. The molecule has 14 heavy (non-hydrogen) atoms. The number of halogens is 2. The quantitative estimate of drug-likeness (QED) is 0.811. The molecule has 1 rings (SSSR count). The molecule has 0 bridgehead atoms. The van der Waals surface area contributed by atoms with Crippen LogP contribution in [0, 0.1) is 6.92 Å². The third kappa shape index (κ3) is 2.38. The molecule has 1 aromatic rings. The van der Waals surface area contributed by atoms with Crippen LogP contribution in [0.5, 0.6) is 5.88 Å². The fourth-order valence-corrected chi connectivity index (χ4v) is 0.921. The summed E-state index contributed by atoms with van der Waals surface area (Å²) in [6.07, 6.45) is 0. The normalized spacial score (nSPS) is 10.3. The van der Waals surface area contributed by atoms with Gasteiger partial charge in [-0.2, -0.15) is 8.78 Å². The van der Waals surface area contributed by atoms with Crippen LogP contribution >= 0.6 is 0 Å². The van der Waals surface area contributed by atoms with Crippen molar-refractivity contribution < 1.29 is 23.4 Å². The van der Waals surface area contributed by atoms with Gasteiger partial charge < -0.3 is 9.84 Å². The number of alkyl halides is 2. The van der Waals surface area contributed by atoms with Gasteiger partial charge in [0.25, 0.3) is 0 Å². The smallest absolute Gasteiger partial charge is 0.388 e. The summed E-state index contributed by atoms with van der Waals surface area (Å²) in [5.74, 6) is -1.44. The number of rotatable bonds is 3. The summed E-state index contributed by atoms with van der Waals surface area (Å²) in [6.45, 7) is -1.56. The highest BCUT2D eigenvalue weighted by Gasteiger charge is 2.11. The molecule has 0 unspecified atom stereocenters. The van der Waals surface area contributed by atoms with E-state index in [1.807, 2.05) is 0 Å². The summed E-state index contributed by atoms with van der Waals surface area (Å²) in [5, 5.41) is 8.61. The Morgan fingerprint density at radius 3 is 2.64 bits per heavy atom. The van der Waals surface area contributed by atoms with E-state index in [4.69, 9.17) is 5.11 Å². The number of aryl methyl sites for hydroxylation is 1. The minimum absolute atomic E-state index is 0.0355. The van der Waals surface area contributed by atoms with Crippen molar-refractivity contribution >= 4 is 5.97 Å². The van der Waals surface area contributed by atoms with E-state index in [2.05, 4.69) is 9.72 Å². The molecule has 0 aliphatic rings. The number of carboxylic acid groups (broad SMARTS) is 1. The molecular weight excluding hydrogens is 196 g/mol. The molecule has 4 nitrogen and oxygen atoms in total. The minimum atomic E-state index is -2.96. The van der Waals surface area contributed by atoms with E-state index in [-0.39, 0.29) is 17.1 Å². The molecule has 6 heteroatoms. The predicted octanol–water partition coefficient (Wildman–Crippen LogP) is 1.69. The van der Waals surface area contributed by atoms with E-state index in [0.717, 1.165) is 6.07 Å². The van der Waals surface area contributed by atoms with Gasteiger partial charge in [0.05, 0.1) is 11.3 Å². The lowest BCUT2D eigenvalue weighted by Crippen LogP contribution is -2.07. The molecule has 0 fully saturated rings. The van der Waals surface area contributed by atoms with E-state index in [0.29, 0.717) is 0 Å². The van der Waals surface area contributed by atoms with Gasteiger partial charge in [0.1, 0.15) is 0 Å². The molecule has 0 saturated carbocycles. The highest BCUT2D eigenvalue weighted by molar-refractivity contribution is 5.88. The number of carboxylic acids is 1. The Bertz CT molecular complexity index is 354. The molecule has 0 amide bonds. The Morgan fingerprint density at radius 1 is 1.57 bits per heavy atom. The van der Waals surface area contributed by atoms with Crippen LogP contribution in [0.25, 0.3) is 0 Å². The van der Waals surface area contributed by atoms with E-state index in [9.17, 15) is 13.6 Å². The van der Waals surface area contributed by atoms with Crippen molar-refractivity contribution in [1.82, 2.24) is 4.98 Å². The second-order valence-corrected chi connectivity index (χ2v) is 2.47. The zero-order valence-electron chi connectivity index (χ0n) is 7.20. The van der Waals surface area contributed by atoms with E-state index >= 15 is 0 Å². The van der Waals surface area contributed by atoms with Crippen molar-refractivity contribution in [2.75, 3.05) is 0 Å². The van der Waals surface area contributed by atoms with Crippen LogP contribution in [0.4, 0.5) is 8.78 Å². The summed E-state index contributed by atoms with van der Waals surface area (Å²) in [7, 11) is 0. The number of aromatic carboxylic acids is 1. The third-order valence-electron chi connectivity index (χ3n) is 1.50. The summed E-state index contributed by atoms with van der Waals surface area (Å²) in [4.78, 5) is 14.1. The van der Waals surface area contributed by atoms with Crippen LogP contribution in [0.3, 0.4) is 0 Å². The van der Waals surface area contributed by atoms with E-state index < -0.39 is 12.6 Å². The second-order valence-electron chi connectivity index (χ2n) is 2.47. The predicted molar refractivity (Wildman–Crippen MR) is 42.6 cm³/mol. The van der Waals surface area contributed by atoms with Crippen molar-refractivity contribution in [2.45, 2.75) is 13.5 Å². The lowest BCUT2D eigenvalue weighted by molar-refractivity contribution is -0.0529. The lowest BCUT2D eigenvalue weighted by atomic mass is 10.2. The average Bonchev–Trinajstić information content (AvgIpc) is 2.01. The molecule has 0 atom stereocenters. The SMILES string of the molecule is Cc1nc(OC(F)F)ccc1C(=O)O. The first-order valence-corrected chi connectivity index (χ1v) is 3.66. The van der Waals surface area contributed by atoms with Crippen molar-refractivity contribution in [3.05, 3.63) is 23.4 Å². The maximum absolute atomic E-state index is 11.7. The standard InChI is InChI=1S/C8H7F2NO3/c1-4-5(7(12)13)2-3-6(11-4)14-8(9)10/h2-3,8H,1H3,(H,12,13). The number of hydrogen-bond donors (Lipinski definition) is 1. The molecule has 1 N–H and O–H groups in total. The second kappa shape index (κ2) is 3.99. The molecule has 0 saturated heterocycles. The maximum Gasteiger partial charge on any atom is 0.388 e. The molecule has 76 valence electrons.